The van der Waals surface area contributed by atoms with E-state index in [-0.39, 0.29) is 12.0 Å². The smallest absolute Gasteiger partial charge is 0.323 e. The Morgan fingerprint density at radius 1 is 1.24 bits per heavy atom. The lowest BCUT2D eigenvalue weighted by Crippen LogP contribution is -2.46. The van der Waals surface area contributed by atoms with Crippen LogP contribution >= 0.6 is 11.8 Å². The van der Waals surface area contributed by atoms with Crippen LogP contribution < -0.4 is 5.32 Å². The van der Waals surface area contributed by atoms with Crippen LogP contribution in [0, 0.1) is 5.92 Å². The highest BCUT2D eigenvalue weighted by Gasteiger charge is 2.38. The molecule has 1 N–H and O–H groups in total. The van der Waals surface area contributed by atoms with Crippen molar-refractivity contribution in [2.24, 2.45) is 5.92 Å². The fourth-order valence-corrected chi connectivity index (χ4v) is 3.42. The minimum absolute atomic E-state index is 0.0455. The van der Waals surface area contributed by atoms with Crippen LogP contribution in [0.15, 0.2) is 0 Å². The summed E-state index contributed by atoms with van der Waals surface area (Å²) in [7, 11) is 1.49. The zero-order valence-corrected chi connectivity index (χ0v) is 11.6. The number of hydrogen-bond acceptors (Lipinski definition) is 4. The van der Waals surface area contributed by atoms with Gasteiger partial charge >= 0.3 is 5.97 Å². The van der Waals surface area contributed by atoms with E-state index in [1.807, 2.05) is 11.8 Å². The normalized spacial score (nSPS) is 30.9. The van der Waals surface area contributed by atoms with Crippen LogP contribution in [0.25, 0.3) is 0 Å². The topological polar surface area (TPSA) is 38.3 Å². The van der Waals surface area contributed by atoms with E-state index in [0.717, 1.165) is 5.25 Å². The van der Waals surface area contributed by atoms with Gasteiger partial charge in [-0.2, -0.15) is 11.8 Å². The molecule has 0 aromatic carbocycles. The SMILES string of the molecule is COC(=O)C(NC1CCC(SC)CC1)C1CC1. The van der Waals surface area contributed by atoms with Crippen LogP contribution in [0.3, 0.4) is 0 Å². The number of carbonyl (C=O) groups is 1. The molecule has 17 heavy (non-hydrogen) atoms. The summed E-state index contributed by atoms with van der Waals surface area (Å²) in [5.41, 5.74) is 0. The van der Waals surface area contributed by atoms with Crippen molar-refractivity contribution in [2.45, 2.75) is 55.9 Å². The standard InChI is InChI=1S/C13H23NO2S/c1-16-13(15)12(9-3-4-9)14-10-5-7-11(17-2)8-6-10/h9-12,14H,3-8H2,1-2H3. The van der Waals surface area contributed by atoms with Gasteiger partial charge in [0.05, 0.1) is 7.11 Å². The van der Waals surface area contributed by atoms with Gasteiger partial charge in [0.1, 0.15) is 6.04 Å². The predicted octanol–water partition coefficient (Wildman–Crippen LogP) is 2.20. The predicted molar refractivity (Wildman–Crippen MR) is 71.2 cm³/mol. The Labute approximate surface area is 108 Å². The Hall–Kier alpha value is -0.220. The maximum absolute atomic E-state index is 11.7. The summed E-state index contributed by atoms with van der Waals surface area (Å²) in [6.07, 6.45) is 9.49. The number of thioether (sulfide) groups is 1. The van der Waals surface area contributed by atoms with Crippen molar-refractivity contribution in [3.8, 4) is 0 Å². The molecule has 4 heteroatoms. The quantitative estimate of drug-likeness (QED) is 0.766. The van der Waals surface area contributed by atoms with Gasteiger partial charge in [-0.1, -0.05) is 0 Å². The lowest BCUT2D eigenvalue weighted by atomic mass is 9.94. The maximum atomic E-state index is 11.7. The molecular weight excluding hydrogens is 234 g/mol. The van der Waals surface area contributed by atoms with Gasteiger partial charge in [-0.15, -0.1) is 0 Å². The van der Waals surface area contributed by atoms with Gasteiger partial charge in [0.25, 0.3) is 0 Å². The molecule has 0 heterocycles. The van der Waals surface area contributed by atoms with Gasteiger partial charge < -0.3 is 10.1 Å². The number of rotatable bonds is 5. The third kappa shape index (κ3) is 3.62. The molecule has 0 aromatic rings. The van der Waals surface area contributed by atoms with Crippen molar-refractivity contribution in [2.75, 3.05) is 13.4 Å². The molecule has 0 saturated heterocycles. The Morgan fingerprint density at radius 2 is 1.88 bits per heavy atom. The van der Waals surface area contributed by atoms with Gasteiger partial charge in [0.2, 0.25) is 0 Å². The summed E-state index contributed by atoms with van der Waals surface area (Å²) in [6.45, 7) is 0. The van der Waals surface area contributed by atoms with Gasteiger partial charge in [-0.25, -0.2) is 0 Å². The second-order valence-corrected chi connectivity index (χ2v) is 6.35. The van der Waals surface area contributed by atoms with Crippen LogP contribution in [0.4, 0.5) is 0 Å². The summed E-state index contributed by atoms with van der Waals surface area (Å²) in [4.78, 5) is 11.7. The van der Waals surface area contributed by atoms with E-state index in [9.17, 15) is 4.79 Å². The lowest BCUT2D eigenvalue weighted by Gasteiger charge is -2.30. The van der Waals surface area contributed by atoms with Crippen LogP contribution in [0.5, 0.6) is 0 Å². The summed E-state index contributed by atoms with van der Waals surface area (Å²) in [6, 6.07) is 0.471. The average Bonchev–Trinajstić information content (AvgIpc) is 3.20. The van der Waals surface area contributed by atoms with Crippen LogP contribution in [0.1, 0.15) is 38.5 Å². The second-order valence-electron chi connectivity index (χ2n) is 5.21. The van der Waals surface area contributed by atoms with Crippen LogP contribution in [-0.4, -0.2) is 36.7 Å². The molecule has 2 rings (SSSR count). The molecule has 0 radical (unpaired) electrons. The maximum Gasteiger partial charge on any atom is 0.323 e. The first-order valence-electron chi connectivity index (χ1n) is 6.61. The highest BCUT2D eigenvalue weighted by molar-refractivity contribution is 7.99. The average molecular weight is 257 g/mol. The Morgan fingerprint density at radius 3 is 2.35 bits per heavy atom. The van der Waals surface area contributed by atoms with Crippen LogP contribution in [0.2, 0.25) is 0 Å². The van der Waals surface area contributed by atoms with E-state index in [2.05, 4.69) is 11.6 Å². The van der Waals surface area contributed by atoms with Crippen LogP contribution in [-0.2, 0) is 9.53 Å². The summed E-state index contributed by atoms with van der Waals surface area (Å²) >= 11 is 1.98. The molecule has 0 spiro atoms. The highest BCUT2D eigenvalue weighted by Crippen LogP contribution is 2.34. The molecule has 2 fully saturated rings. The number of hydrogen-bond donors (Lipinski definition) is 1. The monoisotopic (exact) mass is 257 g/mol. The fourth-order valence-electron chi connectivity index (χ4n) is 2.67. The van der Waals surface area contributed by atoms with Crippen molar-refractivity contribution in [3.63, 3.8) is 0 Å². The first-order valence-corrected chi connectivity index (χ1v) is 7.90. The van der Waals surface area contributed by atoms with Crippen molar-refractivity contribution in [1.29, 1.82) is 0 Å². The van der Waals surface area contributed by atoms with E-state index in [1.54, 1.807) is 0 Å². The largest absolute Gasteiger partial charge is 0.468 e. The van der Waals surface area contributed by atoms with Crippen molar-refractivity contribution < 1.29 is 9.53 Å². The third-order valence-electron chi connectivity index (χ3n) is 3.97. The zero-order valence-electron chi connectivity index (χ0n) is 10.8. The summed E-state index contributed by atoms with van der Waals surface area (Å²) in [5.74, 6) is 0.459. The molecule has 98 valence electrons. The summed E-state index contributed by atoms with van der Waals surface area (Å²) in [5, 5.41) is 4.35. The molecule has 0 bridgehead atoms. The van der Waals surface area contributed by atoms with E-state index < -0.39 is 0 Å². The van der Waals surface area contributed by atoms with Gasteiger partial charge in [-0.3, -0.25) is 4.79 Å². The first-order chi connectivity index (χ1) is 8.24. The van der Waals surface area contributed by atoms with Gasteiger partial charge in [0.15, 0.2) is 0 Å². The first kappa shape index (κ1) is 13.2. The minimum Gasteiger partial charge on any atom is -0.468 e. The lowest BCUT2D eigenvalue weighted by molar-refractivity contribution is -0.144. The molecule has 0 aliphatic heterocycles. The summed E-state index contributed by atoms with van der Waals surface area (Å²) < 4.78 is 4.89. The van der Waals surface area contributed by atoms with Crippen molar-refractivity contribution in [3.05, 3.63) is 0 Å². The number of methoxy groups -OCH3 is 1. The Balaban J connectivity index is 1.80. The van der Waals surface area contributed by atoms with E-state index in [1.165, 1.54) is 45.6 Å². The highest BCUT2D eigenvalue weighted by atomic mass is 32.2. The number of esters is 1. The zero-order chi connectivity index (χ0) is 12.3. The van der Waals surface area contributed by atoms with Crippen molar-refractivity contribution >= 4 is 17.7 Å². The molecule has 2 aliphatic rings. The second kappa shape index (κ2) is 6.10. The molecule has 3 nitrogen and oxygen atoms in total. The number of nitrogens with one attached hydrogen (secondary N) is 1. The molecule has 0 amide bonds. The van der Waals surface area contributed by atoms with E-state index >= 15 is 0 Å². The van der Waals surface area contributed by atoms with E-state index in [4.69, 9.17) is 4.74 Å². The molecule has 1 atom stereocenters. The fraction of sp³-hybridized carbons (Fsp3) is 0.923. The Kier molecular flexibility index (Phi) is 4.74. The molecule has 1 unspecified atom stereocenters. The number of carbonyl (C=O) groups excluding carboxylic acids is 1. The Bertz CT molecular complexity index is 260. The molecule has 2 aliphatic carbocycles. The third-order valence-corrected chi connectivity index (χ3v) is 5.11. The van der Waals surface area contributed by atoms with E-state index in [0.29, 0.717) is 12.0 Å². The molecule has 2 saturated carbocycles. The number of ether oxygens (including phenoxy) is 1. The molecular formula is C13H23NO2S. The van der Waals surface area contributed by atoms with Gasteiger partial charge in [0, 0.05) is 11.3 Å². The minimum atomic E-state index is -0.0699. The molecule has 0 aromatic heterocycles. The van der Waals surface area contributed by atoms with Crippen molar-refractivity contribution in [1.82, 2.24) is 5.32 Å². The van der Waals surface area contributed by atoms with Gasteiger partial charge in [-0.05, 0) is 50.7 Å².